The van der Waals surface area contributed by atoms with Gasteiger partial charge in [-0.25, -0.2) is 0 Å². The molecule has 0 saturated carbocycles. The predicted octanol–water partition coefficient (Wildman–Crippen LogP) is 4.08. The molecule has 0 bridgehead atoms. The van der Waals surface area contributed by atoms with Crippen LogP contribution >= 0.6 is 11.3 Å². The molecular weight excluding hydrogens is 336 g/mol. The monoisotopic (exact) mass is 356 g/mol. The highest BCUT2D eigenvalue weighted by atomic mass is 32.1. The molecule has 5 heteroatoms. The summed E-state index contributed by atoms with van der Waals surface area (Å²) in [7, 11) is 1.60. The molecule has 1 aliphatic carbocycles. The fraction of sp³-hybridized carbons (Fsp3) is 0.300. The SMILES string of the molecule is CCOC(=O)[C@H]1C(=O)C=C(c2ccsc2)C[C@@H]1c1ccccc1OC. The average Bonchev–Trinajstić information content (AvgIpc) is 3.15. The van der Waals surface area contributed by atoms with Gasteiger partial charge in [-0.05, 0) is 59.0 Å². The molecule has 1 aliphatic rings. The maximum absolute atomic E-state index is 12.8. The van der Waals surface area contributed by atoms with Gasteiger partial charge in [0.2, 0.25) is 0 Å². The number of carbonyl (C=O) groups is 2. The summed E-state index contributed by atoms with van der Waals surface area (Å²) in [5, 5.41) is 4.00. The molecule has 0 aliphatic heterocycles. The minimum atomic E-state index is -0.835. The van der Waals surface area contributed by atoms with Gasteiger partial charge in [-0.1, -0.05) is 18.2 Å². The molecule has 0 amide bonds. The van der Waals surface area contributed by atoms with Gasteiger partial charge in [-0.15, -0.1) is 0 Å². The number of ether oxygens (including phenoxy) is 2. The van der Waals surface area contributed by atoms with Gasteiger partial charge in [0.15, 0.2) is 5.78 Å². The van der Waals surface area contributed by atoms with Gasteiger partial charge in [0.05, 0.1) is 13.7 Å². The molecule has 3 rings (SSSR count). The summed E-state index contributed by atoms with van der Waals surface area (Å²) >= 11 is 1.59. The lowest BCUT2D eigenvalue weighted by atomic mass is 9.73. The van der Waals surface area contributed by atoms with Gasteiger partial charge >= 0.3 is 5.97 Å². The minimum Gasteiger partial charge on any atom is -0.496 e. The fourth-order valence-corrected chi connectivity index (χ4v) is 3.98. The number of para-hydroxylation sites is 1. The Morgan fingerprint density at radius 1 is 1.28 bits per heavy atom. The van der Waals surface area contributed by atoms with Crippen molar-refractivity contribution in [3.8, 4) is 5.75 Å². The zero-order valence-electron chi connectivity index (χ0n) is 14.2. The molecule has 0 fully saturated rings. The molecule has 1 aromatic heterocycles. The highest BCUT2D eigenvalue weighted by Gasteiger charge is 2.40. The van der Waals surface area contributed by atoms with E-state index in [1.165, 1.54) is 0 Å². The highest BCUT2D eigenvalue weighted by Crippen LogP contribution is 2.43. The van der Waals surface area contributed by atoms with E-state index in [0.29, 0.717) is 12.2 Å². The number of hydrogen-bond acceptors (Lipinski definition) is 5. The number of methoxy groups -OCH3 is 1. The zero-order chi connectivity index (χ0) is 17.8. The smallest absolute Gasteiger partial charge is 0.317 e. The largest absolute Gasteiger partial charge is 0.496 e. The third kappa shape index (κ3) is 3.51. The number of thiophene rings is 1. The second-order valence-corrected chi connectivity index (χ2v) is 6.65. The Morgan fingerprint density at radius 2 is 2.08 bits per heavy atom. The molecule has 25 heavy (non-hydrogen) atoms. The summed E-state index contributed by atoms with van der Waals surface area (Å²) in [5.41, 5.74) is 2.83. The summed E-state index contributed by atoms with van der Waals surface area (Å²) in [5.74, 6) is -1.13. The zero-order valence-corrected chi connectivity index (χ0v) is 15.0. The molecule has 130 valence electrons. The first-order chi connectivity index (χ1) is 12.2. The first kappa shape index (κ1) is 17.4. The van der Waals surface area contributed by atoms with Crippen LogP contribution in [0.2, 0.25) is 0 Å². The van der Waals surface area contributed by atoms with Crippen molar-refractivity contribution in [1.29, 1.82) is 0 Å². The Morgan fingerprint density at radius 3 is 2.76 bits per heavy atom. The van der Waals surface area contributed by atoms with Crippen LogP contribution < -0.4 is 4.74 Å². The van der Waals surface area contributed by atoms with Crippen LogP contribution in [0, 0.1) is 5.92 Å². The van der Waals surface area contributed by atoms with Crippen LogP contribution in [0.5, 0.6) is 5.75 Å². The quantitative estimate of drug-likeness (QED) is 0.598. The van der Waals surface area contributed by atoms with Gasteiger partial charge < -0.3 is 9.47 Å². The molecule has 0 saturated heterocycles. The summed E-state index contributed by atoms with van der Waals surface area (Å²) in [4.78, 5) is 25.3. The maximum Gasteiger partial charge on any atom is 0.317 e. The Balaban J connectivity index is 2.05. The molecule has 2 atom stereocenters. The van der Waals surface area contributed by atoms with Gasteiger partial charge in [0.25, 0.3) is 0 Å². The van der Waals surface area contributed by atoms with Crippen LogP contribution in [0.1, 0.15) is 30.4 Å². The maximum atomic E-state index is 12.8. The van der Waals surface area contributed by atoms with E-state index in [0.717, 1.165) is 16.7 Å². The Hall–Kier alpha value is -2.40. The van der Waals surface area contributed by atoms with Gasteiger partial charge in [0, 0.05) is 5.92 Å². The number of carbonyl (C=O) groups excluding carboxylic acids is 2. The van der Waals surface area contributed by atoms with Crippen LogP contribution in [-0.4, -0.2) is 25.5 Å². The van der Waals surface area contributed by atoms with Crippen LogP contribution in [0.3, 0.4) is 0 Å². The molecule has 4 nitrogen and oxygen atoms in total. The summed E-state index contributed by atoms with van der Waals surface area (Å²) in [6, 6.07) is 9.53. The lowest BCUT2D eigenvalue weighted by Crippen LogP contribution is -2.34. The summed E-state index contributed by atoms with van der Waals surface area (Å²) in [6.45, 7) is 2.00. The van der Waals surface area contributed by atoms with Gasteiger partial charge in [-0.2, -0.15) is 11.3 Å². The molecule has 0 N–H and O–H groups in total. The molecule has 0 radical (unpaired) electrons. The van der Waals surface area contributed by atoms with E-state index in [1.807, 2.05) is 41.1 Å². The second-order valence-electron chi connectivity index (χ2n) is 5.87. The Bertz CT molecular complexity index is 792. The molecular formula is C20H20O4S. The van der Waals surface area contributed by atoms with Crippen LogP contribution in [-0.2, 0) is 14.3 Å². The number of esters is 1. The predicted molar refractivity (Wildman–Crippen MR) is 97.8 cm³/mol. The van der Waals surface area contributed by atoms with Crippen molar-refractivity contribution in [2.24, 2.45) is 5.92 Å². The van der Waals surface area contributed by atoms with Crippen LogP contribution in [0.25, 0.3) is 5.57 Å². The minimum absolute atomic E-state index is 0.207. The third-order valence-corrected chi connectivity index (χ3v) is 5.12. The van der Waals surface area contributed by atoms with Crippen molar-refractivity contribution < 1.29 is 19.1 Å². The summed E-state index contributed by atoms with van der Waals surface area (Å²) < 4.78 is 10.6. The lowest BCUT2D eigenvalue weighted by molar-refractivity contribution is -0.151. The van der Waals surface area contributed by atoms with Gasteiger partial charge in [-0.3, -0.25) is 9.59 Å². The van der Waals surface area contributed by atoms with Crippen LogP contribution in [0.15, 0.2) is 47.2 Å². The Labute approximate surface area is 151 Å². The molecule has 1 aromatic carbocycles. The highest BCUT2D eigenvalue weighted by molar-refractivity contribution is 7.08. The van der Waals surface area contributed by atoms with E-state index in [4.69, 9.17) is 9.47 Å². The van der Waals surface area contributed by atoms with Crippen molar-refractivity contribution in [3.63, 3.8) is 0 Å². The molecule has 1 heterocycles. The van der Waals surface area contributed by atoms with Crippen molar-refractivity contribution in [2.75, 3.05) is 13.7 Å². The van der Waals surface area contributed by atoms with E-state index >= 15 is 0 Å². The fourth-order valence-electron chi connectivity index (χ4n) is 3.30. The molecule has 2 aromatic rings. The van der Waals surface area contributed by atoms with Gasteiger partial charge in [0.1, 0.15) is 11.7 Å². The van der Waals surface area contributed by atoms with E-state index in [-0.39, 0.29) is 18.3 Å². The number of ketones is 1. The number of benzene rings is 1. The van der Waals surface area contributed by atoms with Crippen molar-refractivity contribution in [3.05, 3.63) is 58.3 Å². The number of allylic oxidation sites excluding steroid dienone is 2. The van der Waals surface area contributed by atoms with Crippen LogP contribution in [0.4, 0.5) is 0 Å². The standard InChI is InChI=1S/C20H20O4S/c1-3-24-20(22)19-16(15-6-4-5-7-18(15)23-2)10-14(11-17(19)21)13-8-9-25-12-13/h4-9,11-12,16,19H,3,10H2,1-2H3/t16-,19-/m1/s1. The van der Waals surface area contributed by atoms with E-state index < -0.39 is 11.9 Å². The topological polar surface area (TPSA) is 52.6 Å². The number of rotatable bonds is 5. The Kier molecular flexibility index (Phi) is 5.34. The second kappa shape index (κ2) is 7.66. The number of hydrogen-bond donors (Lipinski definition) is 0. The first-order valence-electron chi connectivity index (χ1n) is 8.22. The van der Waals surface area contributed by atoms with Crippen molar-refractivity contribution in [1.82, 2.24) is 0 Å². The lowest BCUT2D eigenvalue weighted by Gasteiger charge is -2.30. The van der Waals surface area contributed by atoms with Crippen molar-refractivity contribution >= 4 is 28.7 Å². The normalized spacial score (nSPS) is 20.1. The van der Waals surface area contributed by atoms with E-state index in [2.05, 4.69) is 0 Å². The first-order valence-corrected chi connectivity index (χ1v) is 9.16. The van der Waals surface area contributed by atoms with Crippen molar-refractivity contribution in [2.45, 2.75) is 19.3 Å². The average molecular weight is 356 g/mol. The van der Waals surface area contributed by atoms with E-state index in [9.17, 15) is 9.59 Å². The van der Waals surface area contributed by atoms with E-state index in [1.54, 1.807) is 31.4 Å². The third-order valence-electron chi connectivity index (χ3n) is 4.44. The molecule has 0 spiro atoms. The summed E-state index contributed by atoms with van der Waals surface area (Å²) in [6.07, 6.45) is 2.18. The molecule has 0 unspecified atom stereocenters.